The zero-order valence-corrected chi connectivity index (χ0v) is 8.84. The number of Topliss-reactive ketones (excluding diaryl/α,β-unsaturated/α-hetero) is 1. The van der Waals surface area contributed by atoms with E-state index in [0.717, 1.165) is 0 Å². The molecule has 3 N–H and O–H groups in total. The topological polar surface area (TPSA) is 80.4 Å². The molecule has 0 spiro atoms. The minimum Gasteiger partial charge on any atom is -0.480 e. The maximum Gasteiger partial charge on any atom is 0.321 e. The van der Waals surface area contributed by atoms with Crippen LogP contribution < -0.4 is 5.73 Å². The molecule has 4 nitrogen and oxygen atoms in total. The summed E-state index contributed by atoms with van der Waals surface area (Å²) in [7, 11) is 0. The van der Waals surface area contributed by atoms with E-state index in [-0.39, 0.29) is 5.78 Å². The molecule has 0 bridgehead atoms. The molecule has 0 radical (unpaired) electrons. The molecular weight excluding hydrogens is 190 g/mol. The molecule has 76 valence electrons. The van der Waals surface area contributed by atoms with Gasteiger partial charge in [-0.3, -0.25) is 9.59 Å². The number of hydrogen-bond acceptors (Lipinski definition) is 4. The Kier molecular flexibility index (Phi) is 3.93. The van der Waals surface area contributed by atoms with Gasteiger partial charge in [0, 0.05) is 10.7 Å². The van der Waals surface area contributed by atoms with E-state index in [0.29, 0.717) is 0 Å². The Hall–Kier alpha value is -0.550. The number of carboxylic acid groups (broad SMARTS) is 1. The summed E-state index contributed by atoms with van der Waals surface area (Å²) in [6.07, 6.45) is 0. The van der Waals surface area contributed by atoms with Crippen molar-refractivity contribution in [1.82, 2.24) is 0 Å². The second-order valence-electron chi connectivity index (χ2n) is 3.37. The Balaban J connectivity index is 4.74. The van der Waals surface area contributed by atoms with E-state index in [4.69, 9.17) is 10.8 Å². The molecule has 0 heterocycles. The van der Waals surface area contributed by atoms with Gasteiger partial charge in [0.15, 0.2) is 0 Å². The molecule has 0 fully saturated rings. The molecular formula is C8H15NO3S. The lowest BCUT2D eigenvalue weighted by molar-refractivity contribution is -0.139. The van der Waals surface area contributed by atoms with E-state index in [1.807, 2.05) is 0 Å². The van der Waals surface area contributed by atoms with Gasteiger partial charge in [-0.05, 0) is 13.8 Å². The van der Waals surface area contributed by atoms with Crippen LogP contribution >= 0.6 is 12.6 Å². The van der Waals surface area contributed by atoms with Gasteiger partial charge in [0.1, 0.15) is 11.8 Å². The summed E-state index contributed by atoms with van der Waals surface area (Å²) in [6, 6.07) is -1.14. The first-order chi connectivity index (χ1) is 5.71. The smallest absolute Gasteiger partial charge is 0.321 e. The minimum absolute atomic E-state index is 0.116. The van der Waals surface area contributed by atoms with Crippen molar-refractivity contribution in [2.24, 2.45) is 11.7 Å². The Bertz CT molecular complexity index is 205. The number of rotatable bonds is 4. The zero-order valence-electron chi connectivity index (χ0n) is 7.94. The van der Waals surface area contributed by atoms with Crippen molar-refractivity contribution in [2.45, 2.75) is 31.6 Å². The molecule has 0 rings (SSSR count). The van der Waals surface area contributed by atoms with Crippen molar-refractivity contribution >= 4 is 24.4 Å². The molecule has 0 aromatic carbocycles. The number of carbonyl (C=O) groups excluding carboxylic acids is 1. The van der Waals surface area contributed by atoms with Crippen molar-refractivity contribution in [3.05, 3.63) is 0 Å². The number of carbonyl (C=O) groups is 2. The Labute approximate surface area is 82.9 Å². The average Bonchev–Trinajstić information content (AvgIpc) is 2.01. The highest BCUT2D eigenvalue weighted by Crippen LogP contribution is 2.28. The SMILES string of the molecule is CC(=O)C(C)C(C)(S)[C@H](N)C(=O)O. The van der Waals surface area contributed by atoms with Crippen LogP contribution in [0.15, 0.2) is 0 Å². The molecule has 2 unspecified atom stereocenters. The van der Waals surface area contributed by atoms with Gasteiger partial charge in [0.2, 0.25) is 0 Å². The van der Waals surface area contributed by atoms with Crippen molar-refractivity contribution in [2.75, 3.05) is 0 Å². The first-order valence-corrected chi connectivity index (χ1v) is 4.37. The van der Waals surface area contributed by atoms with Crippen molar-refractivity contribution in [3.8, 4) is 0 Å². The summed E-state index contributed by atoms with van der Waals surface area (Å²) in [4.78, 5) is 21.6. The quantitative estimate of drug-likeness (QED) is 0.577. The Morgan fingerprint density at radius 1 is 1.54 bits per heavy atom. The summed E-state index contributed by atoms with van der Waals surface area (Å²) < 4.78 is -1.02. The predicted octanol–water partition coefficient (Wildman–Crippen LogP) is 0.312. The fourth-order valence-corrected chi connectivity index (χ4v) is 1.22. The average molecular weight is 205 g/mol. The van der Waals surface area contributed by atoms with Crippen LogP contribution in [0.25, 0.3) is 0 Å². The highest BCUT2D eigenvalue weighted by atomic mass is 32.1. The lowest BCUT2D eigenvalue weighted by Crippen LogP contribution is -2.52. The van der Waals surface area contributed by atoms with E-state index in [1.165, 1.54) is 6.92 Å². The third-order valence-corrected chi connectivity index (χ3v) is 3.05. The maximum absolute atomic E-state index is 11.0. The second-order valence-corrected chi connectivity index (χ2v) is 4.34. The largest absolute Gasteiger partial charge is 0.480 e. The fraction of sp³-hybridized carbons (Fsp3) is 0.750. The van der Waals surface area contributed by atoms with Gasteiger partial charge in [-0.2, -0.15) is 12.6 Å². The van der Waals surface area contributed by atoms with Crippen LogP contribution in [0.5, 0.6) is 0 Å². The van der Waals surface area contributed by atoms with Crippen LogP contribution in [0.3, 0.4) is 0 Å². The van der Waals surface area contributed by atoms with Gasteiger partial charge in [-0.25, -0.2) is 0 Å². The molecule has 0 saturated carbocycles. The number of hydrogen-bond donors (Lipinski definition) is 3. The summed E-state index contributed by atoms with van der Waals surface area (Å²) in [5.74, 6) is -1.75. The molecule has 5 heteroatoms. The highest BCUT2D eigenvalue weighted by Gasteiger charge is 2.40. The van der Waals surface area contributed by atoms with E-state index in [2.05, 4.69) is 12.6 Å². The number of aliphatic carboxylic acids is 1. The molecule has 0 aromatic heterocycles. The first-order valence-electron chi connectivity index (χ1n) is 3.92. The van der Waals surface area contributed by atoms with Crippen molar-refractivity contribution in [1.29, 1.82) is 0 Å². The minimum atomic E-state index is -1.15. The van der Waals surface area contributed by atoms with Crippen LogP contribution in [-0.4, -0.2) is 27.6 Å². The van der Waals surface area contributed by atoms with Gasteiger partial charge in [-0.1, -0.05) is 6.92 Å². The van der Waals surface area contributed by atoms with Crippen LogP contribution in [0.1, 0.15) is 20.8 Å². The number of nitrogens with two attached hydrogens (primary N) is 1. The lowest BCUT2D eigenvalue weighted by Gasteiger charge is -2.32. The third-order valence-electron chi connectivity index (χ3n) is 2.38. The molecule has 0 aromatic rings. The van der Waals surface area contributed by atoms with Crippen LogP contribution in [0, 0.1) is 5.92 Å². The molecule has 0 amide bonds. The highest BCUT2D eigenvalue weighted by molar-refractivity contribution is 7.82. The number of thiol groups is 1. The summed E-state index contributed by atoms with van der Waals surface area (Å²) in [6.45, 7) is 4.58. The van der Waals surface area contributed by atoms with E-state index < -0.39 is 22.7 Å². The fourth-order valence-electron chi connectivity index (χ4n) is 0.931. The molecule has 0 aliphatic heterocycles. The van der Waals surface area contributed by atoms with E-state index >= 15 is 0 Å². The molecule has 13 heavy (non-hydrogen) atoms. The van der Waals surface area contributed by atoms with Crippen molar-refractivity contribution < 1.29 is 14.7 Å². The third kappa shape index (κ3) is 2.70. The van der Waals surface area contributed by atoms with Crippen LogP contribution in [0.2, 0.25) is 0 Å². The normalized spacial score (nSPS) is 20.1. The zero-order chi connectivity index (χ0) is 10.8. The summed E-state index contributed by atoms with van der Waals surface area (Å²) in [5, 5.41) is 8.66. The Morgan fingerprint density at radius 3 is 2.15 bits per heavy atom. The lowest BCUT2D eigenvalue weighted by atomic mass is 9.85. The molecule has 0 aliphatic rings. The molecule has 0 aliphatic carbocycles. The van der Waals surface area contributed by atoms with Crippen molar-refractivity contribution in [3.63, 3.8) is 0 Å². The van der Waals surface area contributed by atoms with Gasteiger partial charge in [0.25, 0.3) is 0 Å². The summed E-state index contributed by atoms with van der Waals surface area (Å²) in [5.41, 5.74) is 5.40. The Morgan fingerprint density at radius 2 is 1.92 bits per heavy atom. The van der Waals surface area contributed by atoms with Gasteiger partial charge >= 0.3 is 5.97 Å². The standard InChI is InChI=1S/C8H15NO3S/c1-4(5(2)10)8(3,13)6(9)7(11)12/h4,6,13H,9H2,1-3H3,(H,11,12)/t4?,6-,8?/m1/s1. The summed E-state index contributed by atoms with van der Waals surface area (Å²) >= 11 is 4.13. The molecule has 0 saturated heterocycles. The van der Waals surface area contributed by atoms with Gasteiger partial charge in [0.05, 0.1) is 0 Å². The van der Waals surface area contributed by atoms with Gasteiger partial charge < -0.3 is 10.8 Å². The van der Waals surface area contributed by atoms with E-state index in [9.17, 15) is 9.59 Å². The number of ketones is 1. The van der Waals surface area contributed by atoms with E-state index in [1.54, 1.807) is 13.8 Å². The van der Waals surface area contributed by atoms with Gasteiger partial charge in [-0.15, -0.1) is 0 Å². The van der Waals surface area contributed by atoms with Crippen LogP contribution in [-0.2, 0) is 9.59 Å². The number of carboxylic acids is 1. The molecule has 3 atom stereocenters. The van der Waals surface area contributed by atoms with Crippen LogP contribution in [0.4, 0.5) is 0 Å². The second kappa shape index (κ2) is 4.11. The first kappa shape index (κ1) is 12.4. The maximum atomic E-state index is 11.0. The predicted molar refractivity (Wildman–Crippen MR) is 52.8 cm³/mol. The monoisotopic (exact) mass is 205 g/mol.